The van der Waals surface area contributed by atoms with E-state index in [9.17, 15) is 4.79 Å². The summed E-state index contributed by atoms with van der Waals surface area (Å²) in [6.45, 7) is 6.78. The molecule has 0 saturated carbocycles. The number of carbonyl (C=O) groups excluding carboxylic acids is 1. The van der Waals surface area contributed by atoms with Crippen LogP contribution >= 0.6 is 15.9 Å². The lowest BCUT2D eigenvalue weighted by Crippen LogP contribution is -2.23. The summed E-state index contributed by atoms with van der Waals surface area (Å²) in [6, 6.07) is 16.0. The normalized spacial score (nSPS) is 13.7. The third kappa shape index (κ3) is 4.22. The van der Waals surface area contributed by atoms with Crippen molar-refractivity contribution >= 4 is 27.5 Å². The second-order valence-electron chi connectivity index (χ2n) is 7.49. The summed E-state index contributed by atoms with van der Waals surface area (Å²) in [4.78, 5) is 14.9. The molecule has 1 aliphatic heterocycles. The van der Waals surface area contributed by atoms with Gasteiger partial charge in [0.05, 0.1) is 21.5 Å². The maximum atomic E-state index is 12.5. The predicted octanol–water partition coefficient (Wildman–Crippen LogP) is 4.78. The molecule has 3 aromatic rings. The van der Waals surface area contributed by atoms with E-state index in [1.165, 1.54) is 18.5 Å². The summed E-state index contributed by atoms with van der Waals surface area (Å²) < 4.78 is 2.89. The Labute approximate surface area is 179 Å². The Morgan fingerprint density at radius 2 is 1.62 bits per heavy atom. The minimum Gasteiger partial charge on any atom is -0.372 e. The third-order valence-electron chi connectivity index (χ3n) is 5.44. The van der Waals surface area contributed by atoms with Crippen molar-refractivity contribution in [1.82, 2.24) is 15.1 Å². The van der Waals surface area contributed by atoms with E-state index >= 15 is 0 Å². The van der Waals surface area contributed by atoms with Crippen molar-refractivity contribution in [3.63, 3.8) is 0 Å². The quantitative estimate of drug-likeness (QED) is 0.605. The Kier molecular flexibility index (Phi) is 5.72. The topological polar surface area (TPSA) is 50.2 Å². The average molecular weight is 453 g/mol. The number of halogens is 1. The molecule has 5 nitrogen and oxygen atoms in total. The van der Waals surface area contributed by atoms with Crippen LogP contribution in [0, 0.1) is 13.8 Å². The van der Waals surface area contributed by atoms with Crippen molar-refractivity contribution in [2.24, 2.45) is 0 Å². The van der Waals surface area contributed by atoms with Gasteiger partial charge in [0.25, 0.3) is 5.91 Å². The summed E-state index contributed by atoms with van der Waals surface area (Å²) in [5.74, 6) is -0.0743. The zero-order chi connectivity index (χ0) is 20.4. The smallest absolute Gasteiger partial charge is 0.251 e. The SMILES string of the molecule is Cc1nn(-c2ccc(C(=O)NCc3ccc(N4CCCC4)cc3)cc2)c(C)c1Br. The van der Waals surface area contributed by atoms with Crippen molar-refractivity contribution in [3.05, 3.63) is 75.5 Å². The van der Waals surface area contributed by atoms with Crippen LogP contribution in [0.25, 0.3) is 5.69 Å². The van der Waals surface area contributed by atoms with Crippen LogP contribution in [0.4, 0.5) is 5.69 Å². The van der Waals surface area contributed by atoms with Crippen LogP contribution in [-0.2, 0) is 6.54 Å². The van der Waals surface area contributed by atoms with Gasteiger partial charge in [0, 0.05) is 30.9 Å². The number of aromatic nitrogens is 2. The predicted molar refractivity (Wildman–Crippen MR) is 120 cm³/mol. The van der Waals surface area contributed by atoms with Gasteiger partial charge < -0.3 is 10.2 Å². The van der Waals surface area contributed by atoms with E-state index in [4.69, 9.17) is 0 Å². The highest BCUT2D eigenvalue weighted by Crippen LogP contribution is 2.23. The lowest BCUT2D eigenvalue weighted by molar-refractivity contribution is 0.0951. The molecule has 4 rings (SSSR count). The van der Waals surface area contributed by atoms with Gasteiger partial charge in [-0.1, -0.05) is 12.1 Å². The molecule has 1 fully saturated rings. The minimum absolute atomic E-state index is 0.0743. The molecule has 0 radical (unpaired) electrons. The van der Waals surface area contributed by atoms with Gasteiger partial charge >= 0.3 is 0 Å². The molecule has 29 heavy (non-hydrogen) atoms. The van der Waals surface area contributed by atoms with Crippen LogP contribution in [0.5, 0.6) is 0 Å². The van der Waals surface area contributed by atoms with Crippen molar-refractivity contribution < 1.29 is 4.79 Å². The molecule has 150 valence electrons. The van der Waals surface area contributed by atoms with Gasteiger partial charge in [-0.3, -0.25) is 4.79 Å². The maximum Gasteiger partial charge on any atom is 0.251 e. The molecule has 0 unspecified atom stereocenters. The Morgan fingerprint density at radius 3 is 2.21 bits per heavy atom. The molecule has 1 aliphatic rings. The van der Waals surface area contributed by atoms with E-state index in [0.717, 1.165) is 40.2 Å². The number of rotatable bonds is 5. The van der Waals surface area contributed by atoms with Crippen LogP contribution in [0.3, 0.4) is 0 Å². The maximum absolute atomic E-state index is 12.5. The van der Waals surface area contributed by atoms with Crippen LogP contribution in [0.1, 0.15) is 40.2 Å². The lowest BCUT2D eigenvalue weighted by atomic mass is 10.1. The molecular formula is C23H25BrN4O. The first kappa shape index (κ1) is 19.7. The third-order valence-corrected chi connectivity index (χ3v) is 6.59. The standard InChI is InChI=1S/C23H25BrN4O/c1-16-22(24)17(2)28(26-16)21-11-7-19(8-12-21)23(29)25-15-18-5-9-20(10-6-18)27-13-3-4-14-27/h5-12H,3-4,13-15H2,1-2H3,(H,25,29). The number of hydrogen-bond acceptors (Lipinski definition) is 3. The Hall–Kier alpha value is -2.60. The van der Waals surface area contributed by atoms with Crippen molar-refractivity contribution in [3.8, 4) is 5.69 Å². The Morgan fingerprint density at radius 1 is 1.00 bits per heavy atom. The fourth-order valence-corrected chi connectivity index (χ4v) is 3.96. The van der Waals surface area contributed by atoms with E-state index in [-0.39, 0.29) is 5.91 Å². The fraction of sp³-hybridized carbons (Fsp3) is 0.304. The van der Waals surface area contributed by atoms with Crippen molar-refractivity contribution in [1.29, 1.82) is 0 Å². The number of hydrogen-bond donors (Lipinski definition) is 1. The summed E-state index contributed by atoms with van der Waals surface area (Å²) in [5.41, 5.74) is 5.93. The molecule has 6 heteroatoms. The molecular weight excluding hydrogens is 428 g/mol. The van der Waals surface area contributed by atoms with Gasteiger partial charge in [0.2, 0.25) is 0 Å². The molecule has 0 atom stereocenters. The van der Waals surface area contributed by atoms with Gasteiger partial charge in [-0.25, -0.2) is 4.68 Å². The van der Waals surface area contributed by atoms with Crippen LogP contribution in [-0.4, -0.2) is 28.8 Å². The lowest BCUT2D eigenvalue weighted by Gasteiger charge is -2.17. The number of benzene rings is 2. The molecule has 1 amide bonds. The Bertz CT molecular complexity index is 1000. The Balaban J connectivity index is 1.38. The van der Waals surface area contributed by atoms with Gasteiger partial charge in [-0.15, -0.1) is 0 Å². The molecule has 2 aromatic carbocycles. The minimum atomic E-state index is -0.0743. The summed E-state index contributed by atoms with van der Waals surface area (Å²) in [5, 5.41) is 7.54. The largest absolute Gasteiger partial charge is 0.372 e. The van der Waals surface area contributed by atoms with Gasteiger partial charge in [-0.2, -0.15) is 5.10 Å². The highest BCUT2D eigenvalue weighted by atomic mass is 79.9. The van der Waals surface area contributed by atoms with Gasteiger partial charge in [0.15, 0.2) is 0 Å². The van der Waals surface area contributed by atoms with Crippen molar-refractivity contribution in [2.45, 2.75) is 33.2 Å². The number of amides is 1. The monoisotopic (exact) mass is 452 g/mol. The van der Waals surface area contributed by atoms with E-state index in [0.29, 0.717) is 12.1 Å². The second kappa shape index (κ2) is 8.41. The number of nitrogens with zero attached hydrogens (tertiary/aromatic N) is 3. The van der Waals surface area contributed by atoms with E-state index < -0.39 is 0 Å². The van der Waals surface area contributed by atoms with E-state index in [2.05, 4.69) is 55.5 Å². The van der Waals surface area contributed by atoms with Crippen LogP contribution in [0.15, 0.2) is 53.0 Å². The second-order valence-corrected chi connectivity index (χ2v) is 8.28. The van der Waals surface area contributed by atoms with Crippen molar-refractivity contribution in [2.75, 3.05) is 18.0 Å². The number of aryl methyl sites for hydroxylation is 1. The zero-order valence-electron chi connectivity index (χ0n) is 16.8. The first-order chi connectivity index (χ1) is 14.0. The summed E-state index contributed by atoms with van der Waals surface area (Å²) >= 11 is 3.55. The number of nitrogens with one attached hydrogen (secondary N) is 1. The average Bonchev–Trinajstić information content (AvgIpc) is 3.37. The number of anilines is 1. The van der Waals surface area contributed by atoms with E-state index in [1.54, 1.807) is 0 Å². The zero-order valence-corrected chi connectivity index (χ0v) is 18.4. The molecule has 0 aliphatic carbocycles. The first-order valence-corrected chi connectivity index (χ1v) is 10.8. The number of carbonyl (C=O) groups is 1. The van der Waals surface area contributed by atoms with Crippen LogP contribution in [0.2, 0.25) is 0 Å². The molecule has 2 heterocycles. The van der Waals surface area contributed by atoms with Gasteiger partial charge in [-0.05, 0) is 84.6 Å². The fourth-order valence-electron chi connectivity index (χ4n) is 3.71. The first-order valence-electron chi connectivity index (χ1n) is 9.97. The highest BCUT2D eigenvalue weighted by molar-refractivity contribution is 9.10. The van der Waals surface area contributed by atoms with Gasteiger partial charge in [0.1, 0.15) is 0 Å². The van der Waals surface area contributed by atoms with Crippen LogP contribution < -0.4 is 10.2 Å². The molecule has 0 bridgehead atoms. The molecule has 0 spiro atoms. The molecule has 1 saturated heterocycles. The summed E-state index contributed by atoms with van der Waals surface area (Å²) in [6.07, 6.45) is 2.54. The highest BCUT2D eigenvalue weighted by Gasteiger charge is 2.13. The molecule has 1 aromatic heterocycles. The summed E-state index contributed by atoms with van der Waals surface area (Å²) in [7, 11) is 0. The van der Waals surface area contributed by atoms with E-state index in [1.807, 2.05) is 42.8 Å². The molecule has 1 N–H and O–H groups in total.